The molecule has 7 nitrogen and oxygen atoms in total. The highest BCUT2D eigenvalue weighted by Crippen LogP contribution is 2.23. The summed E-state index contributed by atoms with van der Waals surface area (Å²) in [6.45, 7) is 3.89. The highest BCUT2D eigenvalue weighted by Gasteiger charge is 2.21. The fourth-order valence-corrected chi connectivity index (χ4v) is 3.31. The van der Waals surface area contributed by atoms with Crippen molar-refractivity contribution < 1.29 is 17.9 Å². The molecule has 0 radical (unpaired) electrons. The van der Waals surface area contributed by atoms with E-state index < -0.39 is 15.9 Å². The van der Waals surface area contributed by atoms with E-state index in [1.54, 1.807) is 38.1 Å². The number of nitrogens with one attached hydrogen (secondary N) is 1. The summed E-state index contributed by atoms with van der Waals surface area (Å²) in [5.41, 5.74) is 1.26. The summed E-state index contributed by atoms with van der Waals surface area (Å²) >= 11 is 0. The number of amides is 1. The molecule has 0 aliphatic heterocycles. The number of hydrogen-bond donors (Lipinski definition) is 1. The number of nitrogens with zero attached hydrogens (tertiary/aromatic N) is 2. The second-order valence-electron chi connectivity index (χ2n) is 5.51. The van der Waals surface area contributed by atoms with Crippen molar-refractivity contribution in [1.82, 2.24) is 9.29 Å². The van der Waals surface area contributed by atoms with E-state index in [1.807, 2.05) is 0 Å². The van der Waals surface area contributed by atoms with Gasteiger partial charge in [-0.05, 0) is 43.7 Å². The van der Waals surface area contributed by atoms with Crippen molar-refractivity contribution in [2.75, 3.05) is 26.0 Å². The first-order valence-electron chi connectivity index (χ1n) is 7.69. The molecule has 1 aromatic carbocycles. The van der Waals surface area contributed by atoms with Gasteiger partial charge in [-0.15, -0.1) is 0 Å². The lowest BCUT2D eigenvalue weighted by atomic mass is 10.2. The van der Waals surface area contributed by atoms with Gasteiger partial charge in [0.15, 0.2) is 0 Å². The fraction of sp³-hybridized carbons (Fsp3) is 0.294. The van der Waals surface area contributed by atoms with E-state index in [4.69, 9.17) is 4.74 Å². The molecule has 1 amide bonds. The third-order valence-electron chi connectivity index (χ3n) is 3.50. The summed E-state index contributed by atoms with van der Waals surface area (Å²) in [5.74, 6) is -0.190. The van der Waals surface area contributed by atoms with Gasteiger partial charge < -0.3 is 10.1 Å². The van der Waals surface area contributed by atoms with Crippen LogP contribution >= 0.6 is 0 Å². The number of ether oxygens (including phenoxy) is 1. The van der Waals surface area contributed by atoms with E-state index in [1.165, 1.54) is 26.4 Å². The van der Waals surface area contributed by atoms with Crippen LogP contribution in [0.4, 0.5) is 5.69 Å². The third-order valence-corrected chi connectivity index (χ3v) is 5.46. The number of pyridine rings is 1. The van der Waals surface area contributed by atoms with Crippen LogP contribution in [-0.2, 0) is 10.0 Å². The Balaban J connectivity index is 2.34. The van der Waals surface area contributed by atoms with Crippen LogP contribution in [0.15, 0.2) is 41.4 Å². The molecule has 0 fully saturated rings. The molecule has 1 heterocycles. The lowest BCUT2D eigenvalue weighted by molar-refractivity contribution is 0.102. The van der Waals surface area contributed by atoms with Crippen molar-refractivity contribution in [1.29, 1.82) is 0 Å². The van der Waals surface area contributed by atoms with Crippen LogP contribution in [0.25, 0.3) is 0 Å². The Morgan fingerprint density at radius 3 is 2.64 bits per heavy atom. The minimum absolute atomic E-state index is 0.145. The largest absolute Gasteiger partial charge is 0.477 e. The van der Waals surface area contributed by atoms with Crippen molar-refractivity contribution >= 4 is 21.6 Å². The van der Waals surface area contributed by atoms with Gasteiger partial charge in [0.1, 0.15) is 5.56 Å². The maximum absolute atomic E-state index is 12.5. The second kappa shape index (κ2) is 7.62. The fourth-order valence-electron chi connectivity index (χ4n) is 2.17. The molecule has 25 heavy (non-hydrogen) atoms. The Morgan fingerprint density at radius 2 is 2.00 bits per heavy atom. The van der Waals surface area contributed by atoms with Gasteiger partial charge >= 0.3 is 0 Å². The first-order chi connectivity index (χ1) is 11.8. The molecule has 0 saturated carbocycles. The Kier molecular flexibility index (Phi) is 5.76. The number of carbonyl (C=O) groups excluding carboxylic acids is 1. The van der Waals surface area contributed by atoms with Crippen molar-refractivity contribution in [3.63, 3.8) is 0 Å². The summed E-state index contributed by atoms with van der Waals surface area (Å²) in [7, 11) is -0.678. The van der Waals surface area contributed by atoms with E-state index >= 15 is 0 Å². The summed E-state index contributed by atoms with van der Waals surface area (Å²) < 4.78 is 31.3. The molecule has 1 aromatic heterocycles. The molecular weight excluding hydrogens is 342 g/mol. The zero-order valence-corrected chi connectivity index (χ0v) is 15.4. The number of carbonyl (C=O) groups is 1. The van der Waals surface area contributed by atoms with Gasteiger partial charge in [-0.1, -0.05) is 6.07 Å². The van der Waals surface area contributed by atoms with Gasteiger partial charge in [0.05, 0.1) is 11.5 Å². The standard InChI is InChI=1S/C17H21N3O4S/c1-5-24-17-14(7-6-10-18-17)16(21)19-13-9-8-12(2)15(11-13)25(22,23)20(3)4/h6-11H,5H2,1-4H3,(H,19,21). The van der Waals surface area contributed by atoms with Crippen LogP contribution in [0.5, 0.6) is 5.88 Å². The summed E-state index contributed by atoms with van der Waals surface area (Å²) in [5, 5.41) is 2.69. The summed E-state index contributed by atoms with van der Waals surface area (Å²) in [4.78, 5) is 16.7. The number of hydrogen-bond acceptors (Lipinski definition) is 5. The average molecular weight is 363 g/mol. The van der Waals surface area contributed by atoms with Gasteiger partial charge in [0.25, 0.3) is 5.91 Å². The number of aryl methyl sites for hydroxylation is 1. The normalized spacial score (nSPS) is 11.4. The van der Waals surface area contributed by atoms with E-state index in [-0.39, 0.29) is 16.3 Å². The lowest BCUT2D eigenvalue weighted by Gasteiger charge is -2.15. The predicted molar refractivity (Wildman–Crippen MR) is 95.4 cm³/mol. The van der Waals surface area contributed by atoms with E-state index in [2.05, 4.69) is 10.3 Å². The molecule has 1 N–H and O–H groups in total. The molecule has 0 atom stereocenters. The van der Waals surface area contributed by atoms with Crippen molar-refractivity contribution in [2.24, 2.45) is 0 Å². The van der Waals surface area contributed by atoms with Crippen LogP contribution in [0.1, 0.15) is 22.8 Å². The van der Waals surface area contributed by atoms with E-state index in [0.717, 1.165) is 4.31 Å². The molecule has 134 valence electrons. The van der Waals surface area contributed by atoms with Gasteiger partial charge in [-0.3, -0.25) is 4.79 Å². The zero-order chi connectivity index (χ0) is 18.6. The van der Waals surface area contributed by atoms with E-state index in [0.29, 0.717) is 17.9 Å². The Bertz CT molecular complexity index is 879. The topological polar surface area (TPSA) is 88.6 Å². The molecule has 0 spiro atoms. The Morgan fingerprint density at radius 1 is 1.28 bits per heavy atom. The van der Waals surface area contributed by atoms with Crippen molar-refractivity contribution in [3.05, 3.63) is 47.7 Å². The van der Waals surface area contributed by atoms with Crippen molar-refractivity contribution in [3.8, 4) is 5.88 Å². The Hall–Kier alpha value is -2.45. The average Bonchev–Trinajstić information content (AvgIpc) is 2.57. The molecule has 0 unspecified atom stereocenters. The first kappa shape index (κ1) is 18.9. The monoisotopic (exact) mass is 363 g/mol. The molecule has 0 aliphatic rings. The van der Waals surface area contributed by atoms with E-state index in [9.17, 15) is 13.2 Å². The zero-order valence-electron chi connectivity index (χ0n) is 14.6. The minimum atomic E-state index is -3.60. The summed E-state index contributed by atoms with van der Waals surface area (Å²) in [6.07, 6.45) is 1.54. The number of anilines is 1. The number of benzene rings is 1. The highest BCUT2D eigenvalue weighted by molar-refractivity contribution is 7.89. The summed E-state index contributed by atoms with van der Waals surface area (Å²) in [6, 6.07) is 7.98. The molecule has 2 rings (SSSR count). The maximum atomic E-state index is 12.5. The SMILES string of the molecule is CCOc1ncccc1C(=O)Nc1ccc(C)c(S(=O)(=O)N(C)C)c1. The molecular formula is C17H21N3O4S. The lowest BCUT2D eigenvalue weighted by Crippen LogP contribution is -2.23. The smallest absolute Gasteiger partial charge is 0.261 e. The highest BCUT2D eigenvalue weighted by atomic mass is 32.2. The minimum Gasteiger partial charge on any atom is -0.477 e. The predicted octanol–water partition coefficient (Wildman–Crippen LogP) is 2.29. The van der Waals surface area contributed by atoms with Crippen LogP contribution < -0.4 is 10.1 Å². The number of sulfonamides is 1. The quantitative estimate of drug-likeness (QED) is 0.851. The molecule has 0 saturated heterocycles. The van der Waals surface area contributed by atoms with Gasteiger partial charge in [0, 0.05) is 26.0 Å². The molecule has 8 heteroatoms. The Labute approximate surface area is 147 Å². The third kappa shape index (κ3) is 4.15. The molecule has 0 bridgehead atoms. The van der Waals surface area contributed by atoms with Gasteiger partial charge in [-0.25, -0.2) is 17.7 Å². The van der Waals surface area contributed by atoms with Gasteiger partial charge in [0.2, 0.25) is 15.9 Å². The molecule has 0 aliphatic carbocycles. The molecule has 2 aromatic rings. The van der Waals surface area contributed by atoms with Crippen molar-refractivity contribution in [2.45, 2.75) is 18.7 Å². The van der Waals surface area contributed by atoms with Crippen LogP contribution in [0, 0.1) is 6.92 Å². The van der Waals surface area contributed by atoms with Crippen LogP contribution in [0.2, 0.25) is 0 Å². The van der Waals surface area contributed by atoms with Crippen LogP contribution in [-0.4, -0.2) is 44.3 Å². The number of aromatic nitrogens is 1. The van der Waals surface area contributed by atoms with Gasteiger partial charge in [-0.2, -0.15) is 0 Å². The van der Waals surface area contributed by atoms with Crippen LogP contribution in [0.3, 0.4) is 0 Å². The maximum Gasteiger partial charge on any atom is 0.261 e. The number of rotatable bonds is 6. The second-order valence-corrected chi connectivity index (χ2v) is 7.63. The first-order valence-corrected chi connectivity index (χ1v) is 9.13.